The van der Waals surface area contributed by atoms with Gasteiger partial charge in [-0.2, -0.15) is 0 Å². The molecule has 19 heavy (non-hydrogen) atoms. The molecule has 2 aromatic rings. The first-order chi connectivity index (χ1) is 8.90. The molecule has 100 valence electrons. The second-order valence-electron chi connectivity index (χ2n) is 4.54. The maximum atomic E-state index is 10.5. The van der Waals surface area contributed by atoms with Crippen LogP contribution in [0.5, 0.6) is 0 Å². The van der Waals surface area contributed by atoms with E-state index >= 15 is 0 Å². The number of hydrogen-bond donors (Lipinski definition) is 1. The van der Waals surface area contributed by atoms with Crippen molar-refractivity contribution in [3.63, 3.8) is 0 Å². The largest absolute Gasteiger partial charge is 0.384 e. The van der Waals surface area contributed by atoms with Crippen molar-refractivity contribution >= 4 is 39.1 Å². The minimum atomic E-state index is -0.781. The SMILES string of the molecule is Cc1cc(C(O)c2cc(Cl)ccc2Cl)cc(C)c1Br. The molecular weight excluding hydrogens is 347 g/mol. The lowest BCUT2D eigenvalue weighted by molar-refractivity contribution is 0.220. The first-order valence-electron chi connectivity index (χ1n) is 5.80. The Hall–Kier alpha value is -0.540. The van der Waals surface area contributed by atoms with Crippen molar-refractivity contribution in [2.75, 3.05) is 0 Å². The molecule has 0 bridgehead atoms. The Bertz CT molecular complexity index is 603. The van der Waals surface area contributed by atoms with E-state index < -0.39 is 6.10 Å². The minimum absolute atomic E-state index is 0.509. The van der Waals surface area contributed by atoms with E-state index in [-0.39, 0.29) is 0 Å². The second-order valence-corrected chi connectivity index (χ2v) is 6.17. The van der Waals surface area contributed by atoms with Crippen LogP contribution < -0.4 is 0 Å². The molecule has 0 aliphatic heterocycles. The van der Waals surface area contributed by atoms with E-state index in [1.165, 1.54) is 0 Å². The molecule has 2 rings (SSSR count). The molecule has 2 aromatic carbocycles. The molecule has 4 heteroatoms. The van der Waals surface area contributed by atoms with Crippen LogP contribution in [0.15, 0.2) is 34.8 Å². The summed E-state index contributed by atoms with van der Waals surface area (Å²) in [6.07, 6.45) is -0.781. The van der Waals surface area contributed by atoms with Crippen LogP contribution in [0.1, 0.15) is 28.4 Å². The van der Waals surface area contributed by atoms with Crippen LogP contribution in [0, 0.1) is 13.8 Å². The molecule has 1 nitrogen and oxygen atoms in total. The molecular formula is C15H13BrCl2O. The highest BCUT2D eigenvalue weighted by molar-refractivity contribution is 9.10. The fourth-order valence-electron chi connectivity index (χ4n) is 2.04. The molecule has 0 spiro atoms. The fourth-order valence-corrected chi connectivity index (χ4v) is 2.67. The van der Waals surface area contributed by atoms with E-state index in [4.69, 9.17) is 23.2 Å². The van der Waals surface area contributed by atoms with Crippen LogP contribution in [0.3, 0.4) is 0 Å². The van der Waals surface area contributed by atoms with Crippen LogP contribution in [0.2, 0.25) is 10.0 Å². The van der Waals surface area contributed by atoms with E-state index in [0.29, 0.717) is 15.6 Å². The van der Waals surface area contributed by atoms with E-state index in [0.717, 1.165) is 21.2 Å². The summed E-state index contributed by atoms with van der Waals surface area (Å²) < 4.78 is 1.06. The van der Waals surface area contributed by atoms with Gasteiger partial charge in [0, 0.05) is 20.1 Å². The number of aliphatic hydroxyl groups is 1. The summed E-state index contributed by atoms with van der Waals surface area (Å²) >= 11 is 15.6. The Balaban J connectivity index is 2.49. The number of aliphatic hydroxyl groups excluding tert-OH is 1. The van der Waals surface area contributed by atoms with E-state index in [9.17, 15) is 5.11 Å². The van der Waals surface area contributed by atoms with Gasteiger partial charge >= 0.3 is 0 Å². The van der Waals surface area contributed by atoms with Crippen LogP contribution in [-0.2, 0) is 0 Å². The Labute approximate surface area is 131 Å². The molecule has 1 atom stereocenters. The molecule has 0 radical (unpaired) electrons. The van der Waals surface area contributed by atoms with Crippen LogP contribution in [-0.4, -0.2) is 5.11 Å². The number of rotatable bonds is 2. The van der Waals surface area contributed by atoms with Gasteiger partial charge in [-0.05, 0) is 48.7 Å². The summed E-state index contributed by atoms with van der Waals surface area (Å²) in [5, 5.41) is 11.5. The summed E-state index contributed by atoms with van der Waals surface area (Å²) in [4.78, 5) is 0. The highest BCUT2D eigenvalue weighted by atomic mass is 79.9. The molecule has 0 saturated carbocycles. The summed E-state index contributed by atoms with van der Waals surface area (Å²) in [7, 11) is 0. The lowest BCUT2D eigenvalue weighted by Crippen LogP contribution is -2.02. The third-order valence-electron chi connectivity index (χ3n) is 3.03. The summed E-state index contributed by atoms with van der Waals surface area (Å²) in [5.74, 6) is 0. The van der Waals surface area contributed by atoms with Crippen molar-refractivity contribution in [2.45, 2.75) is 20.0 Å². The standard InChI is InChI=1S/C15H13BrCl2O/c1-8-5-10(6-9(2)14(8)16)15(19)12-7-11(17)3-4-13(12)18/h3-7,15,19H,1-2H3. The Morgan fingerprint density at radius 1 is 1.05 bits per heavy atom. The normalized spacial score (nSPS) is 12.5. The molecule has 0 heterocycles. The number of benzene rings is 2. The summed E-state index contributed by atoms with van der Waals surface area (Å²) in [5.41, 5.74) is 3.58. The van der Waals surface area contributed by atoms with Crippen LogP contribution >= 0.6 is 39.1 Å². The zero-order chi connectivity index (χ0) is 14.2. The second kappa shape index (κ2) is 5.84. The number of aryl methyl sites for hydroxylation is 2. The lowest BCUT2D eigenvalue weighted by atomic mass is 9.98. The Morgan fingerprint density at radius 3 is 2.21 bits per heavy atom. The topological polar surface area (TPSA) is 20.2 Å². The predicted molar refractivity (Wildman–Crippen MR) is 84.1 cm³/mol. The molecule has 0 fully saturated rings. The molecule has 0 aliphatic carbocycles. The highest BCUT2D eigenvalue weighted by Crippen LogP contribution is 2.33. The van der Waals surface area contributed by atoms with Crippen molar-refractivity contribution in [1.29, 1.82) is 0 Å². The molecule has 0 amide bonds. The Kier molecular flexibility index (Phi) is 4.57. The predicted octanol–water partition coefficient (Wildman–Crippen LogP) is 5.45. The fraction of sp³-hybridized carbons (Fsp3) is 0.200. The van der Waals surface area contributed by atoms with Crippen molar-refractivity contribution in [1.82, 2.24) is 0 Å². The van der Waals surface area contributed by atoms with Crippen molar-refractivity contribution in [3.8, 4) is 0 Å². The van der Waals surface area contributed by atoms with Gasteiger partial charge in [0.2, 0.25) is 0 Å². The average molecular weight is 360 g/mol. The number of halogens is 3. The smallest absolute Gasteiger partial charge is 0.106 e. The molecule has 0 aromatic heterocycles. The molecule has 0 aliphatic rings. The van der Waals surface area contributed by atoms with E-state index in [2.05, 4.69) is 15.9 Å². The van der Waals surface area contributed by atoms with Gasteiger partial charge in [-0.1, -0.05) is 51.3 Å². The first kappa shape index (κ1) is 14.9. The van der Waals surface area contributed by atoms with Gasteiger partial charge in [0.25, 0.3) is 0 Å². The Morgan fingerprint density at radius 2 is 1.63 bits per heavy atom. The van der Waals surface area contributed by atoms with Gasteiger partial charge in [-0.25, -0.2) is 0 Å². The first-order valence-corrected chi connectivity index (χ1v) is 7.34. The maximum absolute atomic E-state index is 10.5. The zero-order valence-electron chi connectivity index (χ0n) is 10.5. The third kappa shape index (κ3) is 3.14. The molecule has 1 unspecified atom stereocenters. The van der Waals surface area contributed by atoms with Gasteiger partial charge in [-0.15, -0.1) is 0 Å². The van der Waals surface area contributed by atoms with Gasteiger partial charge in [0.05, 0.1) is 0 Å². The monoisotopic (exact) mass is 358 g/mol. The van der Waals surface area contributed by atoms with E-state index in [1.54, 1.807) is 18.2 Å². The highest BCUT2D eigenvalue weighted by Gasteiger charge is 2.16. The van der Waals surface area contributed by atoms with Gasteiger partial charge < -0.3 is 5.11 Å². The minimum Gasteiger partial charge on any atom is -0.384 e. The maximum Gasteiger partial charge on any atom is 0.106 e. The van der Waals surface area contributed by atoms with Crippen LogP contribution in [0.25, 0.3) is 0 Å². The van der Waals surface area contributed by atoms with Gasteiger partial charge in [0.1, 0.15) is 6.10 Å². The van der Waals surface area contributed by atoms with E-state index in [1.807, 2.05) is 26.0 Å². The zero-order valence-corrected chi connectivity index (χ0v) is 13.6. The third-order valence-corrected chi connectivity index (χ3v) is 4.86. The van der Waals surface area contributed by atoms with Gasteiger partial charge in [-0.3, -0.25) is 0 Å². The summed E-state index contributed by atoms with van der Waals surface area (Å²) in [6.45, 7) is 3.99. The van der Waals surface area contributed by atoms with Crippen molar-refractivity contribution in [2.24, 2.45) is 0 Å². The lowest BCUT2D eigenvalue weighted by Gasteiger charge is -2.16. The molecule has 0 saturated heterocycles. The van der Waals surface area contributed by atoms with Crippen molar-refractivity contribution in [3.05, 3.63) is 67.1 Å². The summed E-state index contributed by atoms with van der Waals surface area (Å²) in [6, 6.07) is 8.98. The number of hydrogen-bond acceptors (Lipinski definition) is 1. The molecule has 1 N–H and O–H groups in total. The van der Waals surface area contributed by atoms with Gasteiger partial charge in [0.15, 0.2) is 0 Å². The quantitative estimate of drug-likeness (QED) is 0.755. The average Bonchev–Trinajstić information content (AvgIpc) is 2.37. The van der Waals surface area contributed by atoms with Crippen molar-refractivity contribution < 1.29 is 5.11 Å². The van der Waals surface area contributed by atoms with Crippen LogP contribution in [0.4, 0.5) is 0 Å².